The van der Waals surface area contributed by atoms with Gasteiger partial charge < -0.3 is 9.84 Å². The van der Waals surface area contributed by atoms with Gasteiger partial charge in [0.05, 0.1) is 0 Å². The van der Waals surface area contributed by atoms with Crippen LogP contribution in [-0.2, 0) is 10.3 Å². The lowest BCUT2D eigenvalue weighted by Gasteiger charge is -2.33. The van der Waals surface area contributed by atoms with Gasteiger partial charge in [-0.2, -0.15) is 8.78 Å². The minimum absolute atomic E-state index is 0.133. The van der Waals surface area contributed by atoms with Crippen LogP contribution in [0.15, 0.2) is 24.3 Å². The summed E-state index contributed by atoms with van der Waals surface area (Å²) in [4.78, 5) is 12.8. The lowest BCUT2D eigenvalue weighted by Crippen LogP contribution is -2.46. The zero-order chi connectivity index (χ0) is 13.9. The molecule has 0 fully saturated rings. The zero-order valence-corrected chi connectivity index (χ0v) is 10.4. The SMILES string of the molecule is CN(C)C(C)(C(=O)O)c1ccccc1OC(F)F. The second kappa shape index (κ2) is 5.30. The van der Waals surface area contributed by atoms with Gasteiger partial charge in [-0.05, 0) is 27.1 Å². The van der Waals surface area contributed by atoms with Crippen LogP contribution in [0.25, 0.3) is 0 Å². The van der Waals surface area contributed by atoms with Gasteiger partial charge in [0.25, 0.3) is 0 Å². The van der Waals surface area contributed by atoms with Crippen LogP contribution < -0.4 is 4.74 Å². The highest BCUT2D eigenvalue weighted by atomic mass is 19.3. The van der Waals surface area contributed by atoms with Gasteiger partial charge in [-0.3, -0.25) is 4.90 Å². The molecule has 0 saturated heterocycles. The normalized spacial score (nSPS) is 14.6. The van der Waals surface area contributed by atoms with Crippen molar-refractivity contribution >= 4 is 5.97 Å². The standard InChI is InChI=1S/C12H15F2NO3/c1-12(10(16)17,15(2)3)8-6-4-5-7-9(8)18-11(13)14/h4-7,11H,1-3H3,(H,16,17). The van der Waals surface area contributed by atoms with E-state index in [0.717, 1.165) is 0 Å². The van der Waals surface area contributed by atoms with Crippen molar-refractivity contribution in [3.63, 3.8) is 0 Å². The van der Waals surface area contributed by atoms with E-state index in [9.17, 15) is 18.7 Å². The Hall–Kier alpha value is -1.69. The number of likely N-dealkylation sites (N-methyl/N-ethyl adjacent to an activating group) is 1. The van der Waals surface area contributed by atoms with E-state index in [0.29, 0.717) is 0 Å². The molecule has 0 heterocycles. The maximum absolute atomic E-state index is 12.3. The number of ether oxygens (including phenoxy) is 1. The highest BCUT2D eigenvalue weighted by Crippen LogP contribution is 2.34. The average Bonchev–Trinajstić information content (AvgIpc) is 2.27. The van der Waals surface area contributed by atoms with Crippen LogP contribution in [-0.4, -0.2) is 36.7 Å². The number of para-hydroxylation sites is 1. The number of hydrogen-bond donors (Lipinski definition) is 1. The molecule has 1 rings (SSSR count). The third-order valence-corrected chi connectivity index (χ3v) is 2.94. The first-order valence-electron chi connectivity index (χ1n) is 5.25. The summed E-state index contributed by atoms with van der Waals surface area (Å²) in [5, 5.41) is 9.33. The smallest absolute Gasteiger partial charge is 0.387 e. The molecule has 0 aromatic heterocycles. The molecule has 1 atom stereocenters. The molecule has 18 heavy (non-hydrogen) atoms. The topological polar surface area (TPSA) is 49.8 Å². The molecule has 1 aromatic rings. The second-order valence-corrected chi connectivity index (χ2v) is 4.15. The van der Waals surface area contributed by atoms with E-state index in [-0.39, 0.29) is 11.3 Å². The fourth-order valence-electron chi connectivity index (χ4n) is 1.61. The van der Waals surface area contributed by atoms with Gasteiger partial charge >= 0.3 is 12.6 Å². The number of benzene rings is 1. The number of carboxylic acid groups (broad SMARTS) is 1. The van der Waals surface area contributed by atoms with E-state index >= 15 is 0 Å². The van der Waals surface area contributed by atoms with Crippen molar-refractivity contribution < 1.29 is 23.4 Å². The first kappa shape index (κ1) is 14.4. The van der Waals surface area contributed by atoms with Crippen molar-refractivity contribution in [2.45, 2.75) is 19.1 Å². The molecule has 0 aliphatic heterocycles. The van der Waals surface area contributed by atoms with E-state index < -0.39 is 18.1 Å². The number of carboxylic acids is 1. The molecule has 0 aliphatic rings. The number of nitrogens with zero attached hydrogens (tertiary/aromatic N) is 1. The Labute approximate surface area is 104 Å². The van der Waals surface area contributed by atoms with Crippen LogP contribution in [0.1, 0.15) is 12.5 Å². The number of halogens is 2. The molecular formula is C12H15F2NO3. The molecule has 0 bridgehead atoms. The lowest BCUT2D eigenvalue weighted by atomic mass is 9.90. The highest BCUT2D eigenvalue weighted by molar-refractivity contribution is 5.81. The average molecular weight is 259 g/mol. The largest absolute Gasteiger partial charge is 0.480 e. The van der Waals surface area contributed by atoms with E-state index in [1.54, 1.807) is 20.2 Å². The number of carbonyl (C=O) groups is 1. The molecule has 0 saturated carbocycles. The monoisotopic (exact) mass is 259 g/mol. The maximum Gasteiger partial charge on any atom is 0.387 e. The van der Waals surface area contributed by atoms with Crippen molar-refractivity contribution in [1.29, 1.82) is 0 Å². The maximum atomic E-state index is 12.3. The van der Waals surface area contributed by atoms with Crippen LogP contribution in [0.4, 0.5) is 8.78 Å². The number of aliphatic carboxylic acids is 1. The first-order valence-corrected chi connectivity index (χ1v) is 5.25. The fraction of sp³-hybridized carbons (Fsp3) is 0.417. The van der Waals surface area contributed by atoms with E-state index in [2.05, 4.69) is 4.74 Å². The van der Waals surface area contributed by atoms with Crippen LogP contribution >= 0.6 is 0 Å². The van der Waals surface area contributed by atoms with Crippen molar-refractivity contribution in [2.24, 2.45) is 0 Å². The summed E-state index contributed by atoms with van der Waals surface area (Å²) in [6.45, 7) is -1.56. The molecule has 4 nitrogen and oxygen atoms in total. The Bertz CT molecular complexity index is 437. The minimum atomic E-state index is -2.99. The Morgan fingerprint density at radius 1 is 1.39 bits per heavy atom. The van der Waals surface area contributed by atoms with E-state index in [1.165, 1.54) is 30.0 Å². The summed E-state index contributed by atoms with van der Waals surface area (Å²) in [6.07, 6.45) is 0. The Balaban J connectivity index is 3.33. The minimum Gasteiger partial charge on any atom is -0.480 e. The van der Waals surface area contributed by atoms with Gasteiger partial charge in [0.1, 0.15) is 11.3 Å². The summed E-state index contributed by atoms with van der Waals surface area (Å²) in [5.74, 6) is -1.27. The van der Waals surface area contributed by atoms with Gasteiger partial charge in [0.2, 0.25) is 0 Å². The second-order valence-electron chi connectivity index (χ2n) is 4.15. The number of alkyl halides is 2. The fourth-order valence-corrected chi connectivity index (χ4v) is 1.61. The predicted octanol–water partition coefficient (Wildman–Crippen LogP) is 2.15. The summed E-state index contributed by atoms with van der Waals surface area (Å²) in [6, 6.07) is 5.88. The summed E-state index contributed by atoms with van der Waals surface area (Å²) < 4.78 is 29.0. The van der Waals surface area contributed by atoms with Crippen molar-refractivity contribution in [2.75, 3.05) is 14.1 Å². The quantitative estimate of drug-likeness (QED) is 0.880. The Morgan fingerprint density at radius 2 is 1.94 bits per heavy atom. The van der Waals surface area contributed by atoms with Gasteiger partial charge in [0, 0.05) is 5.56 Å². The van der Waals surface area contributed by atoms with Crippen LogP contribution in [0.2, 0.25) is 0 Å². The molecule has 1 N–H and O–H groups in total. The molecule has 1 aromatic carbocycles. The Morgan fingerprint density at radius 3 is 2.39 bits per heavy atom. The summed E-state index contributed by atoms with van der Waals surface area (Å²) >= 11 is 0. The first-order chi connectivity index (χ1) is 8.30. The third-order valence-electron chi connectivity index (χ3n) is 2.94. The molecule has 0 amide bonds. The molecular weight excluding hydrogens is 244 g/mol. The molecule has 0 spiro atoms. The van der Waals surface area contributed by atoms with Crippen LogP contribution in [0, 0.1) is 0 Å². The van der Waals surface area contributed by atoms with Gasteiger partial charge in [-0.15, -0.1) is 0 Å². The van der Waals surface area contributed by atoms with Crippen LogP contribution in [0.3, 0.4) is 0 Å². The Kier molecular flexibility index (Phi) is 4.24. The van der Waals surface area contributed by atoms with Crippen LogP contribution in [0.5, 0.6) is 5.75 Å². The summed E-state index contributed by atoms with van der Waals surface area (Å²) in [7, 11) is 3.13. The van der Waals surface area contributed by atoms with E-state index in [4.69, 9.17) is 0 Å². The van der Waals surface area contributed by atoms with Crippen molar-refractivity contribution in [3.8, 4) is 5.75 Å². The number of rotatable bonds is 5. The zero-order valence-electron chi connectivity index (χ0n) is 10.4. The van der Waals surface area contributed by atoms with Crippen molar-refractivity contribution in [1.82, 2.24) is 4.90 Å². The molecule has 0 aliphatic carbocycles. The van der Waals surface area contributed by atoms with Gasteiger partial charge in [-0.25, -0.2) is 4.79 Å². The molecule has 6 heteroatoms. The highest BCUT2D eigenvalue weighted by Gasteiger charge is 2.40. The van der Waals surface area contributed by atoms with Gasteiger partial charge in [0.15, 0.2) is 0 Å². The van der Waals surface area contributed by atoms with Crippen molar-refractivity contribution in [3.05, 3.63) is 29.8 Å². The summed E-state index contributed by atoms with van der Waals surface area (Å²) in [5.41, 5.74) is -1.26. The third kappa shape index (κ3) is 2.59. The van der Waals surface area contributed by atoms with Gasteiger partial charge in [-0.1, -0.05) is 18.2 Å². The molecule has 0 radical (unpaired) electrons. The van der Waals surface area contributed by atoms with E-state index in [1.807, 2.05) is 0 Å². The molecule has 100 valence electrons. The molecule has 1 unspecified atom stereocenters. The predicted molar refractivity (Wildman–Crippen MR) is 61.7 cm³/mol. The lowest BCUT2D eigenvalue weighted by molar-refractivity contribution is -0.149. The number of hydrogen-bond acceptors (Lipinski definition) is 3.